The predicted octanol–water partition coefficient (Wildman–Crippen LogP) is -7.26. The molecule has 23 heteroatoms. The number of hydrogen-bond acceptors (Lipinski definition) is 21. The molecule has 0 saturated carbocycles. The second kappa shape index (κ2) is 19.9. The number of nitrogens with zero attached hydrogens (tertiary/aromatic N) is 1. The summed E-state index contributed by atoms with van der Waals surface area (Å²) in [6, 6.07) is 0. The summed E-state index contributed by atoms with van der Waals surface area (Å²) < 4.78 is 33.0. The molecule has 0 spiro atoms. The number of ether oxygens (including phenoxy) is 6. The molecule has 304 valence electrons. The van der Waals surface area contributed by atoms with Gasteiger partial charge < -0.3 is 89.6 Å². The second-order valence-corrected chi connectivity index (χ2v) is 12.8. The van der Waals surface area contributed by atoms with Crippen molar-refractivity contribution in [1.82, 2.24) is 10.4 Å². The molecule has 4 aliphatic heterocycles. The maximum Gasteiger partial charge on any atom is 0.333 e. The van der Waals surface area contributed by atoms with Crippen LogP contribution >= 0.6 is 0 Å². The molecule has 4 aliphatic rings. The Hall–Kier alpha value is -2.56. The van der Waals surface area contributed by atoms with E-state index in [1.807, 2.05) is 0 Å². The lowest BCUT2D eigenvalue weighted by Gasteiger charge is -2.46. The van der Waals surface area contributed by atoms with Crippen molar-refractivity contribution in [3.05, 3.63) is 0 Å². The number of aliphatic hydroxyl groups is 10. The largest absolute Gasteiger partial charge is 0.394 e. The fourth-order valence-corrected chi connectivity index (χ4v) is 5.88. The van der Waals surface area contributed by atoms with Gasteiger partial charge in [-0.2, -0.15) is 0 Å². The third kappa shape index (κ3) is 10.8. The summed E-state index contributed by atoms with van der Waals surface area (Å²) in [4.78, 5) is 52.1. The van der Waals surface area contributed by atoms with Crippen molar-refractivity contribution in [2.45, 2.75) is 131 Å². The minimum atomic E-state index is -1.92. The van der Waals surface area contributed by atoms with Gasteiger partial charge in [0.2, 0.25) is 5.91 Å². The molecule has 4 rings (SSSR count). The van der Waals surface area contributed by atoms with Crippen molar-refractivity contribution in [3.8, 4) is 0 Å². The SMILES string of the molecule is O=C(CCCCC(=O)ON1C(=O)CCC1=O)NCCO[C@H]1OC(CO[C@H]2OC(CO)[C@@H](O)C(O)C2O)[C@@H](O)C(O[C@H]2OC(CO)[C@@H](O)C(O)C2O)C1O. The summed E-state index contributed by atoms with van der Waals surface area (Å²) in [6.07, 6.45) is -25.2. The topological polar surface area (TPSA) is 350 Å². The van der Waals surface area contributed by atoms with Crippen LogP contribution in [0.1, 0.15) is 38.5 Å². The molecule has 0 aromatic rings. The highest BCUT2D eigenvalue weighted by Crippen LogP contribution is 2.31. The molecule has 4 saturated heterocycles. The Labute approximate surface area is 301 Å². The third-order valence-corrected chi connectivity index (χ3v) is 8.99. The Morgan fingerprint density at radius 2 is 1.19 bits per heavy atom. The highest BCUT2D eigenvalue weighted by Gasteiger charge is 2.52. The molecule has 4 fully saturated rings. The molecular weight excluding hydrogens is 724 g/mol. The zero-order chi connectivity index (χ0) is 39.0. The van der Waals surface area contributed by atoms with E-state index in [9.17, 15) is 70.2 Å². The monoisotopic (exact) mass is 772 g/mol. The summed E-state index contributed by atoms with van der Waals surface area (Å²) in [7, 11) is 0. The van der Waals surface area contributed by atoms with Crippen LogP contribution in [0.5, 0.6) is 0 Å². The van der Waals surface area contributed by atoms with E-state index in [4.69, 9.17) is 33.3 Å². The van der Waals surface area contributed by atoms with Crippen LogP contribution < -0.4 is 5.32 Å². The van der Waals surface area contributed by atoms with Crippen molar-refractivity contribution < 1.29 is 104 Å². The van der Waals surface area contributed by atoms with Crippen LogP contribution in [0, 0.1) is 0 Å². The number of hydrogen-bond donors (Lipinski definition) is 11. The van der Waals surface area contributed by atoms with Gasteiger partial charge in [-0.05, 0) is 12.8 Å². The Morgan fingerprint density at radius 1 is 0.660 bits per heavy atom. The normalized spacial score (nSPS) is 39.3. The van der Waals surface area contributed by atoms with Gasteiger partial charge in [-0.1, -0.05) is 0 Å². The smallest absolute Gasteiger partial charge is 0.333 e. The quantitative estimate of drug-likeness (QED) is 0.0483. The first-order valence-corrected chi connectivity index (χ1v) is 17.0. The van der Waals surface area contributed by atoms with Crippen molar-refractivity contribution >= 4 is 23.7 Å². The molecule has 0 bridgehead atoms. The third-order valence-electron chi connectivity index (χ3n) is 8.99. The van der Waals surface area contributed by atoms with Crippen LogP contribution in [0.15, 0.2) is 0 Å². The number of nitrogens with one attached hydrogen (secondary N) is 1. The maximum absolute atomic E-state index is 12.3. The molecule has 0 aliphatic carbocycles. The summed E-state index contributed by atoms with van der Waals surface area (Å²) in [5, 5.41) is 105. The first-order valence-electron chi connectivity index (χ1n) is 17.0. The first kappa shape index (κ1) is 43.2. The predicted molar refractivity (Wildman–Crippen MR) is 164 cm³/mol. The van der Waals surface area contributed by atoms with E-state index < -0.39 is 136 Å². The molecule has 23 nitrogen and oxygen atoms in total. The van der Waals surface area contributed by atoms with Gasteiger partial charge in [0.1, 0.15) is 73.2 Å². The van der Waals surface area contributed by atoms with E-state index in [-0.39, 0.29) is 51.7 Å². The molecule has 15 atom stereocenters. The van der Waals surface area contributed by atoms with Gasteiger partial charge >= 0.3 is 5.97 Å². The number of rotatable bonds is 17. The molecule has 11 N–H and O–H groups in total. The van der Waals surface area contributed by atoms with E-state index in [0.29, 0.717) is 5.06 Å². The van der Waals surface area contributed by atoms with Crippen LogP contribution in [0.4, 0.5) is 0 Å². The molecule has 9 unspecified atom stereocenters. The van der Waals surface area contributed by atoms with Gasteiger partial charge in [-0.3, -0.25) is 14.4 Å². The number of unbranched alkanes of at least 4 members (excludes halogenated alkanes) is 1. The number of imide groups is 1. The minimum absolute atomic E-state index is 0.0179. The Bertz CT molecular complexity index is 1210. The van der Waals surface area contributed by atoms with Crippen LogP contribution in [0.25, 0.3) is 0 Å². The highest BCUT2D eigenvalue weighted by molar-refractivity contribution is 6.01. The fourth-order valence-electron chi connectivity index (χ4n) is 5.88. The van der Waals surface area contributed by atoms with E-state index in [1.54, 1.807) is 0 Å². The lowest BCUT2D eigenvalue weighted by Crippen LogP contribution is -2.65. The van der Waals surface area contributed by atoms with Gasteiger partial charge in [0.15, 0.2) is 18.9 Å². The average Bonchev–Trinajstić information content (AvgIpc) is 3.45. The van der Waals surface area contributed by atoms with Crippen molar-refractivity contribution in [2.24, 2.45) is 0 Å². The van der Waals surface area contributed by atoms with Crippen LogP contribution in [-0.4, -0.2) is 205 Å². The molecule has 3 amide bonds. The van der Waals surface area contributed by atoms with E-state index in [0.717, 1.165) is 0 Å². The fraction of sp³-hybridized carbons (Fsp3) is 0.867. The van der Waals surface area contributed by atoms with E-state index in [1.165, 1.54) is 0 Å². The van der Waals surface area contributed by atoms with Gasteiger partial charge in [0, 0.05) is 32.2 Å². The number of aliphatic hydroxyl groups excluding tert-OH is 10. The lowest BCUT2D eigenvalue weighted by molar-refractivity contribution is -0.366. The molecule has 0 aromatic carbocycles. The highest BCUT2D eigenvalue weighted by atomic mass is 16.8. The maximum atomic E-state index is 12.3. The van der Waals surface area contributed by atoms with Gasteiger partial charge in [-0.15, -0.1) is 5.06 Å². The molecule has 4 heterocycles. The lowest BCUT2D eigenvalue weighted by atomic mass is 9.96. The molecule has 0 aromatic heterocycles. The summed E-state index contributed by atoms with van der Waals surface area (Å²) in [5.74, 6) is -2.46. The Kier molecular flexibility index (Phi) is 16.2. The van der Waals surface area contributed by atoms with Crippen molar-refractivity contribution in [3.63, 3.8) is 0 Å². The summed E-state index contributed by atoms with van der Waals surface area (Å²) >= 11 is 0. The van der Waals surface area contributed by atoms with Crippen LogP contribution in [-0.2, 0) is 52.4 Å². The van der Waals surface area contributed by atoms with E-state index >= 15 is 0 Å². The standard InChI is InChI=1S/C30H48N2O21/c33-9-12-19(39)22(42)24(44)28(49-12)48-11-14-21(41)27(52-30-25(45)23(43)20(40)13(10-34)50-30)26(46)29(51-14)47-8-7-31-15(35)3-1-2-4-18(38)53-32-16(36)5-6-17(32)37/h12-14,19-30,33-34,39-46H,1-11H2,(H,31,35)/t12?,13?,14?,19-,20-,21-,22?,23?,24?,25?,26?,27?,28+,29+,30-/m1/s1. The summed E-state index contributed by atoms with van der Waals surface area (Å²) in [6.45, 7) is -2.62. The zero-order valence-corrected chi connectivity index (χ0v) is 28.3. The number of amides is 3. The van der Waals surface area contributed by atoms with Crippen LogP contribution in [0.3, 0.4) is 0 Å². The Morgan fingerprint density at radius 3 is 1.79 bits per heavy atom. The molecular formula is C30H48N2O21. The zero-order valence-electron chi connectivity index (χ0n) is 28.3. The van der Waals surface area contributed by atoms with Crippen LogP contribution in [0.2, 0.25) is 0 Å². The van der Waals surface area contributed by atoms with Crippen molar-refractivity contribution in [2.75, 3.05) is 33.0 Å². The molecule has 53 heavy (non-hydrogen) atoms. The van der Waals surface area contributed by atoms with Gasteiger partial charge in [0.25, 0.3) is 11.8 Å². The van der Waals surface area contributed by atoms with E-state index in [2.05, 4.69) is 5.32 Å². The van der Waals surface area contributed by atoms with Crippen molar-refractivity contribution in [1.29, 1.82) is 0 Å². The summed E-state index contributed by atoms with van der Waals surface area (Å²) in [5.41, 5.74) is 0. The van der Waals surface area contributed by atoms with Gasteiger partial charge in [0.05, 0.1) is 26.4 Å². The number of carbonyl (C=O) groups excluding carboxylic acids is 4. The molecule has 0 radical (unpaired) electrons. The first-order chi connectivity index (χ1) is 25.2. The Balaban J connectivity index is 1.30. The number of hydroxylamine groups is 2. The second-order valence-electron chi connectivity index (χ2n) is 12.8. The number of carbonyl (C=O) groups is 4. The minimum Gasteiger partial charge on any atom is -0.394 e. The average molecular weight is 773 g/mol. The van der Waals surface area contributed by atoms with Gasteiger partial charge in [-0.25, -0.2) is 4.79 Å².